The summed E-state index contributed by atoms with van der Waals surface area (Å²) in [5, 5.41) is 2.79. The molecule has 0 atom stereocenters. The van der Waals surface area contributed by atoms with Crippen LogP contribution >= 0.6 is 31.9 Å². The van der Waals surface area contributed by atoms with Crippen molar-refractivity contribution in [2.75, 3.05) is 5.32 Å². The molecule has 0 unspecified atom stereocenters. The zero-order chi connectivity index (χ0) is 13.1. The summed E-state index contributed by atoms with van der Waals surface area (Å²) in [5.41, 5.74) is 1.50. The Hall–Kier alpha value is -1.20. The summed E-state index contributed by atoms with van der Waals surface area (Å²) in [6.45, 7) is 1.90. The summed E-state index contributed by atoms with van der Waals surface area (Å²) in [6, 6.07) is 9.14. The van der Waals surface area contributed by atoms with E-state index in [1.165, 1.54) is 0 Å². The number of aryl methyl sites for hydroxylation is 1. The second-order valence-electron chi connectivity index (χ2n) is 3.78. The highest BCUT2D eigenvalue weighted by atomic mass is 79.9. The van der Waals surface area contributed by atoms with Crippen LogP contribution in [0.15, 0.2) is 45.5 Å². The van der Waals surface area contributed by atoms with Gasteiger partial charge < -0.3 is 5.32 Å². The van der Waals surface area contributed by atoms with Crippen LogP contribution in [0, 0.1) is 6.92 Å². The number of hydrogen-bond acceptors (Lipinski definition) is 2. The fourth-order valence-corrected chi connectivity index (χ4v) is 2.77. The number of aromatic nitrogens is 1. The summed E-state index contributed by atoms with van der Waals surface area (Å²) < 4.78 is 1.69. The third-order valence-electron chi connectivity index (χ3n) is 2.37. The minimum Gasteiger partial charge on any atom is -0.306 e. The van der Waals surface area contributed by atoms with Gasteiger partial charge >= 0.3 is 0 Å². The number of hydrogen-bond donors (Lipinski definition) is 1. The molecule has 1 N–H and O–H groups in total. The molecule has 0 saturated carbocycles. The van der Waals surface area contributed by atoms with Gasteiger partial charge in [-0.2, -0.15) is 0 Å². The fourth-order valence-electron chi connectivity index (χ4n) is 1.48. The smallest absolute Gasteiger partial charge is 0.256 e. The molecule has 18 heavy (non-hydrogen) atoms. The molecule has 0 spiro atoms. The number of amides is 1. The Kier molecular flexibility index (Phi) is 4.14. The molecule has 1 aromatic carbocycles. The highest BCUT2D eigenvalue weighted by molar-refractivity contribution is 9.11. The zero-order valence-electron chi connectivity index (χ0n) is 9.58. The quantitative estimate of drug-likeness (QED) is 0.863. The van der Waals surface area contributed by atoms with Crippen LogP contribution in [-0.2, 0) is 0 Å². The van der Waals surface area contributed by atoms with Crippen LogP contribution in [0.5, 0.6) is 0 Å². The molecule has 2 rings (SSSR count). The Balaban J connectivity index is 2.25. The first-order chi connectivity index (χ1) is 8.56. The molecule has 3 nitrogen and oxygen atoms in total. The van der Waals surface area contributed by atoms with Gasteiger partial charge in [-0.15, -0.1) is 0 Å². The third-order valence-corrected chi connectivity index (χ3v) is 3.28. The summed E-state index contributed by atoms with van der Waals surface area (Å²) in [7, 11) is 0. The van der Waals surface area contributed by atoms with Gasteiger partial charge in [-0.3, -0.25) is 4.79 Å². The predicted octanol–water partition coefficient (Wildman–Crippen LogP) is 4.17. The van der Waals surface area contributed by atoms with E-state index in [1.807, 2.05) is 25.1 Å². The van der Waals surface area contributed by atoms with Crippen molar-refractivity contribution in [3.63, 3.8) is 0 Å². The molecule has 1 aromatic heterocycles. The Morgan fingerprint density at radius 1 is 1.22 bits per heavy atom. The topological polar surface area (TPSA) is 42.0 Å². The number of rotatable bonds is 2. The monoisotopic (exact) mass is 368 g/mol. The number of nitrogens with zero attached hydrogens (tertiary/aromatic N) is 1. The molecule has 0 aliphatic carbocycles. The standard InChI is InChI=1S/C13H10Br2N2O/c1-8-3-2-4-16-12(8)17-13(18)9-5-10(14)7-11(15)6-9/h2-7H,1H3,(H,16,17,18). The minimum atomic E-state index is -0.182. The van der Waals surface area contributed by atoms with Crippen molar-refractivity contribution >= 4 is 43.6 Å². The fraction of sp³-hybridized carbons (Fsp3) is 0.0769. The van der Waals surface area contributed by atoms with E-state index >= 15 is 0 Å². The molecule has 1 heterocycles. The zero-order valence-corrected chi connectivity index (χ0v) is 12.7. The number of carbonyl (C=O) groups excluding carboxylic acids is 1. The van der Waals surface area contributed by atoms with Crippen molar-refractivity contribution in [1.82, 2.24) is 4.98 Å². The van der Waals surface area contributed by atoms with Gasteiger partial charge in [0.2, 0.25) is 0 Å². The van der Waals surface area contributed by atoms with Crippen molar-refractivity contribution in [1.29, 1.82) is 0 Å². The second kappa shape index (κ2) is 5.63. The maximum Gasteiger partial charge on any atom is 0.256 e. The lowest BCUT2D eigenvalue weighted by Gasteiger charge is -2.07. The van der Waals surface area contributed by atoms with Gasteiger partial charge in [0.05, 0.1) is 0 Å². The van der Waals surface area contributed by atoms with Crippen LogP contribution in [0.2, 0.25) is 0 Å². The van der Waals surface area contributed by atoms with Gasteiger partial charge in [0.25, 0.3) is 5.91 Å². The van der Waals surface area contributed by atoms with Crippen molar-refractivity contribution < 1.29 is 4.79 Å². The van der Waals surface area contributed by atoms with Gasteiger partial charge in [0.1, 0.15) is 5.82 Å². The summed E-state index contributed by atoms with van der Waals surface area (Å²) in [6.07, 6.45) is 1.65. The number of carbonyl (C=O) groups is 1. The molecule has 0 aliphatic heterocycles. The number of halogens is 2. The van der Waals surface area contributed by atoms with E-state index in [4.69, 9.17) is 0 Å². The maximum absolute atomic E-state index is 12.1. The summed E-state index contributed by atoms with van der Waals surface area (Å²) in [4.78, 5) is 16.2. The van der Waals surface area contributed by atoms with Crippen molar-refractivity contribution in [3.05, 3.63) is 56.6 Å². The first-order valence-electron chi connectivity index (χ1n) is 5.25. The van der Waals surface area contributed by atoms with E-state index < -0.39 is 0 Å². The predicted molar refractivity (Wildman–Crippen MR) is 78.8 cm³/mol. The van der Waals surface area contributed by atoms with Gasteiger partial charge in [0.15, 0.2) is 0 Å². The molecule has 0 bridgehead atoms. The van der Waals surface area contributed by atoms with Crippen LogP contribution in [-0.4, -0.2) is 10.9 Å². The summed E-state index contributed by atoms with van der Waals surface area (Å²) in [5.74, 6) is 0.400. The Labute approximate surface area is 122 Å². The molecule has 1 amide bonds. The molecular formula is C13H10Br2N2O. The highest BCUT2D eigenvalue weighted by Gasteiger charge is 2.09. The SMILES string of the molecule is Cc1cccnc1NC(=O)c1cc(Br)cc(Br)c1. The van der Waals surface area contributed by atoms with Crippen LogP contribution < -0.4 is 5.32 Å². The number of pyridine rings is 1. The van der Waals surface area contributed by atoms with Crippen molar-refractivity contribution in [2.45, 2.75) is 6.92 Å². The lowest BCUT2D eigenvalue weighted by atomic mass is 10.2. The Morgan fingerprint density at radius 2 is 1.89 bits per heavy atom. The third kappa shape index (κ3) is 3.17. The maximum atomic E-state index is 12.1. The molecule has 5 heteroatoms. The van der Waals surface area contributed by atoms with Gasteiger partial charge in [-0.1, -0.05) is 37.9 Å². The van der Waals surface area contributed by atoms with E-state index in [0.717, 1.165) is 14.5 Å². The van der Waals surface area contributed by atoms with Crippen molar-refractivity contribution in [2.24, 2.45) is 0 Å². The van der Waals surface area contributed by atoms with Crippen LogP contribution in [0.4, 0.5) is 5.82 Å². The summed E-state index contributed by atoms with van der Waals surface area (Å²) >= 11 is 6.71. The molecule has 0 fully saturated rings. The van der Waals surface area contributed by atoms with E-state index in [-0.39, 0.29) is 5.91 Å². The average molecular weight is 370 g/mol. The number of anilines is 1. The normalized spacial score (nSPS) is 10.2. The van der Waals surface area contributed by atoms with Gasteiger partial charge in [0, 0.05) is 20.7 Å². The van der Waals surface area contributed by atoms with E-state index in [9.17, 15) is 4.79 Å². The first kappa shape index (κ1) is 13.2. The Bertz CT molecular complexity index is 579. The second-order valence-corrected chi connectivity index (χ2v) is 5.61. The molecule has 2 aromatic rings. The molecule has 0 aliphatic rings. The largest absolute Gasteiger partial charge is 0.306 e. The average Bonchev–Trinajstić information content (AvgIpc) is 2.31. The lowest BCUT2D eigenvalue weighted by molar-refractivity contribution is 0.102. The number of benzene rings is 1. The molecule has 0 radical (unpaired) electrons. The van der Waals surface area contributed by atoms with Gasteiger partial charge in [-0.05, 0) is 36.8 Å². The minimum absolute atomic E-state index is 0.182. The van der Waals surface area contributed by atoms with E-state index in [0.29, 0.717) is 11.4 Å². The van der Waals surface area contributed by atoms with Gasteiger partial charge in [-0.25, -0.2) is 4.98 Å². The molecular weight excluding hydrogens is 360 g/mol. The Morgan fingerprint density at radius 3 is 2.50 bits per heavy atom. The first-order valence-corrected chi connectivity index (χ1v) is 6.84. The molecule has 0 saturated heterocycles. The van der Waals surface area contributed by atoms with E-state index in [1.54, 1.807) is 18.3 Å². The van der Waals surface area contributed by atoms with Crippen LogP contribution in [0.1, 0.15) is 15.9 Å². The van der Waals surface area contributed by atoms with E-state index in [2.05, 4.69) is 42.2 Å². The van der Waals surface area contributed by atoms with Crippen LogP contribution in [0.25, 0.3) is 0 Å². The lowest BCUT2D eigenvalue weighted by Crippen LogP contribution is -2.13. The van der Waals surface area contributed by atoms with Crippen molar-refractivity contribution in [3.8, 4) is 0 Å². The molecule has 92 valence electrons. The van der Waals surface area contributed by atoms with Crippen LogP contribution in [0.3, 0.4) is 0 Å². The highest BCUT2D eigenvalue weighted by Crippen LogP contribution is 2.21. The number of nitrogens with one attached hydrogen (secondary N) is 1.